The molecular weight excluding hydrogens is 1080 g/mol. The Kier molecular flexibility index (Phi) is 11.5. The Morgan fingerprint density at radius 2 is 0.573 bits per heavy atom. The summed E-state index contributed by atoms with van der Waals surface area (Å²) in [4.78, 5) is 4.91. The summed E-state index contributed by atoms with van der Waals surface area (Å²) in [5.41, 5.74) is 28.1. The molecule has 0 aliphatic heterocycles. The molecule has 416 valence electrons. The van der Waals surface area contributed by atoms with Crippen LogP contribution in [0.25, 0.3) is 99.5 Å². The van der Waals surface area contributed by atoms with E-state index < -0.39 is 5.41 Å². The van der Waals surface area contributed by atoms with Gasteiger partial charge in [0.2, 0.25) is 0 Å². The van der Waals surface area contributed by atoms with Crippen molar-refractivity contribution in [3.63, 3.8) is 0 Å². The highest BCUT2D eigenvalue weighted by atomic mass is 15.2. The largest absolute Gasteiger partial charge is 0.310 e. The lowest BCUT2D eigenvalue weighted by Gasteiger charge is -2.32. The highest BCUT2D eigenvalue weighted by Crippen LogP contribution is 2.65. The minimum atomic E-state index is -0.464. The van der Waals surface area contributed by atoms with Crippen molar-refractivity contribution < 1.29 is 0 Å². The van der Waals surface area contributed by atoms with Crippen LogP contribution in [-0.4, -0.2) is 9.13 Å². The van der Waals surface area contributed by atoms with Crippen LogP contribution in [0.1, 0.15) is 22.3 Å². The van der Waals surface area contributed by atoms with E-state index in [-0.39, 0.29) is 0 Å². The third kappa shape index (κ3) is 7.73. The van der Waals surface area contributed by atoms with E-state index in [0.717, 1.165) is 56.6 Å². The van der Waals surface area contributed by atoms with Crippen LogP contribution in [0.2, 0.25) is 0 Å². The summed E-state index contributed by atoms with van der Waals surface area (Å²) in [5.74, 6) is 0. The minimum Gasteiger partial charge on any atom is -0.310 e. The van der Waals surface area contributed by atoms with Gasteiger partial charge >= 0.3 is 0 Å². The number of nitrogens with zero attached hydrogens (tertiary/aromatic N) is 4. The highest BCUT2D eigenvalue weighted by molar-refractivity contribution is 6.13. The third-order valence-corrected chi connectivity index (χ3v) is 18.9. The van der Waals surface area contributed by atoms with Crippen LogP contribution in [0.5, 0.6) is 0 Å². The minimum absolute atomic E-state index is 0.464. The average Bonchev–Trinajstić information content (AvgIpc) is 1.59. The fourth-order valence-electron chi connectivity index (χ4n) is 15.1. The number of hydrogen-bond acceptors (Lipinski definition) is 2. The lowest BCUT2D eigenvalue weighted by atomic mass is 9.70. The Balaban J connectivity index is 0.768. The second-order valence-electron chi connectivity index (χ2n) is 23.5. The molecule has 2 aliphatic carbocycles. The standard InChI is InChI=1S/C85H56N4/c1-4-21-57(22-5-1)58-41-47-64(48-42-58)87(83-38-20-35-78-84(83)72-31-12-17-34-77(72)85(78)75-32-15-10-27-68(75)69-28-11-16-33-76(69)85)65-49-43-60(44-50-65)59-39-45-63(46-40-59)86(66-51-53-81-73(55-66)70-29-13-18-36-79(70)88(81)61-23-6-2-7-24-61)67-52-54-82-74(56-67)71-30-14-19-37-80(71)89(82)62-25-8-3-9-26-62/h1-56H. The molecule has 2 heterocycles. The molecule has 1 spiro atoms. The first kappa shape index (κ1) is 50.6. The molecule has 0 bridgehead atoms. The topological polar surface area (TPSA) is 16.3 Å². The molecule has 89 heavy (non-hydrogen) atoms. The number of aromatic nitrogens is 2. The van der Waals surface area contributed by atoms with E-state index in [1.165, 1.54) is 99.2 Å². The number of anilines is 6. The smallest absolute Gasteiger partial charge is 0.0726 e. The number of rotatable bonds is 10. The van der Waals surface area contributed by atoms with Crippen molar-refractivity contribution in [2.24, 2.45) is 0 Å². The molecule has 14 aromatic carbocycles. The molecule has 16 aromatic rings. The van der Waals surface area contributed by atoms with Crippen LogP contribution in [0.3, 0.4) is 0 Å². The predicted octanol–water partition coefficient (Wildman–Crippen LogP) is 22.5. The number of para-hydroxylation sites is 4. The van der Waals surface area contributed by atoms with Gasteiger partial charge in [0.25, 0.3) is 0 Å². The fraction of sp³-hybridized carbons (Fsp3) is 0.0118. The van der Waals surface area contributed by atoms with Gasteiger partial charge in [0, 0.05) is 66.9 Å². The lowest BCUT2D eigenvalue weighted by molar-refractivity contribution is 0.794. The molecule has 4 heteroatoms. The summed E-state index contributed by atoms with van der Waals surface area (Å²) in [6.45, 7) is 0. The van der Waals surface area contributed by atoms with E-state index in [1.54, 1.807) is 0 Å². The van der Waals surface area contributed by atoms with E-state index in [4.69, 9.17) is 0 Å². The van der Waals surface area contributed by atoms with Crippen LogP contribution >= 0.6 is 0 Å². The lowest BCUT2D eigenvalue weighted by Crippen LogP contribution is -2.26. The molecule has 4 nitrogen and oxygen atoms in total. The molecule has 0 N–H and O–H groups in total. The van der Waals surface area contributed by atoms with Crippen molar-refractivity contribution >= 4 is 77.7 Å². The first-order valence-corrected chi connectivity index (χ1v) is 30.7. The third-order valence-electron chi connectivity index (χ3n) is 18.9. The summed E-state index contributed by atoms with van der Waals surface area (Å²) >= 11 is 0. The van der Waals surface area contributed by atoms with Gasteiger partial charge in [-0.25, -0.2) is 0 Å². The summed E-state index contributed by atoms with van der Waals surface area (Å²) in [7, 11) is 0. The Morgan fingerprint density at radius 1 is 0.225 bits per heavy atom. The van der Waals surface area contributed by atoms with Gasteiger partial charge in [-0.2, -0.15) is 0 Å². The van der Waals surface area contributed by atoms with E-state index in [0.29, 0.717) is 0 Å². The van der Waals surface area contributed by atoms with Crippen molar-refractivity contribution in [2.75, 3.05) is 9.80 Å². The van der Waals surface area contributed by atoms with Gasteiger partial charge < -0.3 is 18.9 Å². The molecule has 2 aromatic heterocycles. The first-order valence-electron chi connectivity index (χ1n) is 30.7. The summed E-state index contributed by atoms with van der Waals surface area (Å²) in [6, 6.07) is 125. The van der Waals surface area contributed by atoms with Gasteiger partial charge in [0.05, 0.1) is 33.2 Å². The number of fused-ring (bicyclic) bond motifs is 16. The molecule has 2 aliphatic rings. The summed E-state index contributed by atoms with van der Waals surface area (Å²) in [5, 5.41) is 4.83. The van der Waals surface area contributed by atoms with E-state index >= 15 is 0 Å². The van der Waals surface area contributed by atoms with Crippen LogP contribution in [0, 0.1) is 0 Å². The van der Waals surface area contributed by atoms with Gasteiger partial charge in [-0.15, -0.1) is 0 Å². The average molecular weight is 1130 g/mol. The van der Waals surface area contributed by atoms with Crippen molar-refractivity contribution in [3.8, 4) is 55.9 Å². The second kappa shape index (κ2) is 20.2. The predicted molar refractivity (Wildman–Crippen MR) is 372 cm³/mol. The normalized spacial score (nSPS) is 12.6. The maximum absolute atomic E-state index is 2.48. The van der Waals surface area contributed by atoms with Crippen molar-refractivity contribution in [1.82, 2.24) is 9.13 Å². The molecule has 0 atom stereocenters. The zero-order chi connectivity index (χ0) is 58.6. The van der Waals surface area contributed by atoms with Crippen LogP contribution in [0.4, 0.5) is 34.1 Å². The monoisotopic (exact) mass is 1130 g/mol. The van der Waals surface area contributed by atoms with Crippen LogP contribution < -0.4 is 9.80 Å². The number of benzene rings is 14. The maximum Gasteiger partial charge on any atom is 0.0726 e. The van der Waals surface area contributed by atoms with Crippen LogP contribution in [-0.2, 0) is 5.41 Å². The molecule has 0 fully saturated rings. The van der Waals surface area contributed by atoms with Crippen LogP contribution in [0.15, 0.2) is 340 Å². The highest BCUT2D eigenvalue weighted by Gasteiger charge is 2.52. The fourth-order valence-corrected chi connectivity index (χ4v) is 15.1. The molecule has 0 unspecified atom stereocenters. The Morgan fingerprint density at radius 3 is 1.06 bits per heavy atom. The summed E-state index contributed by atoms with van der Waals surface area (Å²) in [6.07, 6.45) is 0. The Hall–Kier alpha value is -11.7. The number of hydrogen-bond donors (Lipinski definition) is 0. The SMILES string of the molecule is c1ccc(-c2ccc(N(c3ccc(-c4ccc(N(c5ccc6c(c5)c5ccccc5n6-c5ccccc5)c5ccc6c(c5)c5ccccc5n6-c5ccccc5)cc4)cc3)c3cccc4c3-c3ccccc3C43c4ccccc4-c4ccccc43)cc2)cc1. The Bertz CT molecular complexity index is 5210. The molecule has 0 saturated heterocycles. The maximum atomic E-state index is 2.48. The van der Waals surface area contributed by atoms with Gasteiger partial charge in [0.1, 0.15) is 0 Å². The zero-order valence-corrected chi connectivity index (χ0v) is 48.6. The summed E-state index contributed by atoms with van der Waals surface area (Å²) < 4.78 is 4.78. The molecule has 0 saturated carbocycles. The second-order valence-corrected chi connectivity index (χ2v) is 23.5. The van der Waals surface area contributed by atoms with Crippen molar-refractivity contribution in [1.29, 1.82) is 0 Å². The quantitative estimate of drug-likeness (QED) is 0.136. The van der Waals surface area contributed by atoms with E-state index in [2.05, 4.69) is 359 Å². The van der Waals surface area contributed by atoms with Gasteiger partial charge in [-0.3, -0.25) is 0 Å². The van der Waals surface area contributed by atoms with Crippen molar-refractivity contribution in [2.45, 2.75) is 5.41 Å². The van der Waals surface area contributed by atoms with Crippen molar-refractivity contribution in [3.05, 3.63) is 362 Å². The van der Waals surface area contributed by atoms with Gasteiger partial charge in [-0.05, 0) is 176 Å². The van der Waals surface area contributed by atoms with Gasteiger partial charge in [-0.1, -0.05) is 224 Å². The first-order chi connectivity index (χ1) is 44.2. The molecular formula is C85H56N4. The molecule has 0 amide bonds. The molecule has 0 radical (unpaired) electrons. The molecule has 18 rings (SSSR count). The van der Waals surface area contributed by atoms with E-state index in [9.17, 15) is 0 Å². The Labute approximate surface area is 516 Å². The zero-order valence-electron chi connectivity index (χ0n) is 48.6. The van der Waals surface area contributed by atoms with E-state index in [1.807, 2.05) is 0 Å². The van der Waals surface area contributed by atoms with Gasteiger partial charge in [0.15, 0.2) is 0 Å².